The number of aromatic nitrogens is 2. The van der Waals surface area contributed by atoms with Crippen molar-refractivity contribution in [1.82, 2.24) is 20.2 Å². The van der Waals surface area contributed by atoms with Crippen LogP contribution in [0.1, 0.15) is 56.9 Å². The van der Waals surface area contributed by atoms with Gasteiger partial charge in [-0.05, 0) is 32.2 Å². The third kappa shape index (κ3) is 4.18. The molecule has 3 heterocycles. The van der Waals surface area contributed by atoms with E-state index in [0.29, 0.717) is 19.1 Å². The van der Waals surface area contributed by atoms with Crippen LogP contribution in [-0.4, -0.2) is 59.5 Å². The zero-order valence-corrected chi connectivity index (χ0v) is 16.4. The van der Waals surface area contributed by atoms with Crippen molar-refractivity contribution >= 4 is 17.5 Å². The van der Waals surface area contributed by atoms with Crippen LogP contribution >= 0.6 is 0 Å². The summed E-state index contributed by atoms with van der Waals surface area (Å²) in [6.07, 6.45) is 11.4. The van der Waals surface area contributed by atoms with Crippen LogP contribution < -0.4 is 15.5 Å². The zero-order valence-electron chi connectivity index (χ0n) is 16.4. The number of anilines is 2. The molecule has 0 spiro atoms. The van der Waals surface area contributed by atoms with E-state index in [4.69, 9.17) is 0 Å². The minimum absolute atomic E-state index is 0.185. The Morgan fingerprint density at radius 3 is 2.63 bits per heavy atom. The van der Waals surface area contributed by atoms with Gasteiger partial charge in [0.2, 0.25) is 5.91 Å². The largest absolute Gasteiger partial charge is 0.367 e. The lowest BCUT2D eigenvalue weighted by molar-refractivity contribution is -0.132. The Kier molecular flexibility index (Phi) is 5.76. The predicted octanol–water partition coefficient (Wildman–Crippen LogP) is 2.14. The van der Waals surface area contributed by atoms with E-state index in [9.17, 15) is 4.79 Å². The van der Waals surface area contributed by atoms with E-state index in [1.807, 2.05) is 11.9 Å². The summed E-state index contributed by atoms with van der Waals surface area (Å²) in [5, 5.41) is 7.15. The van der Waals surface area contributed by atoms with Gasteiger partial charge < -0.3 is 20.4 Å². The molecule has 7 nitrogen and oxygen atoms in total. The highest BCUT2D eigenvalue weighted by molar-refractivity contribution is 5.84. The standard InChI is InChI=1S/C20H32N6O/c1-25-13-18(27)26(16-9-6-10-21-11-16)12-17-19(22-14-23-20(17)25)24-15-7-4-2-3-5-8-15/h14-16,21H,2-13H2,1H3,(H,22,23,24). The number of likely N-dealkylation sites (N-methyl/N-ethyl adjacent to an activating group) is 1. The first kappa shape index (κ1) is 18.5. The number of hydrogen-bond donors (Lipinski definition) is 2. The maximum atomic E-state index is 12.9. The van der Waals surface area contributed by atoms with Gasteiger partial charge in [-0.1, -0.05) is 25.7 Å². The third-order valence-corrected chi connectivity index (χ3v) is 6.21. The van der Waals surface area contributed by atoms with Crippen LogP contribution in [0, 0.1) is 0 Å². The van der Waals surface area contributed by atoms with Crippen molar-refractivity contribution in [3.8, 4) is 0 Å². The first-order valence-corrected chi connectivity index (χ1v) is 10.5. The fraction of sp³-hybridized carbons (Fsp3) is 0.750. The van der Waals surface area contributed by atoms with Crippen LogP contribution in [0.25, 0.3) is 0 Å². The van der Waals surface area contributed by atoms with Crippen LogP contribution in [0.15, 0.2) is 6.33 Å². The van der Waals surface area contributed by atoms with Gasteiger partial charge in [0.25, 0.3) is 0 Å². The number of amides is 1. The van der Waals surface area contributed by atoms with Crippen LogP contribution in [-0.2, 0) is 11.3 Å². The summed E-state index contributed by atoms with van der Waals surface area (Å²) in [6, 6.07) is 0.733. The molecule has 0 radical (unpaired) electrons. The molecule has 1 amide bonds. The molecule has 0 bridgehead atoms. The fourth-order valence-corrected chi connectivity index (χ4v) is 4.68. The van der Waals surface area contributed by atoms with E-state index < -0.39 is 0 Å². The molecule has 27 heavy (non-hydrogen) atoms. The van der Waals surface area contributed by atoms with Gasteiger partial charge in [-0.3, -0.25) is 4.79 Å². The molecule has 1 aromatic heterocycles. The van der Waals surface area contributed by atoms with E-state index >= 15 is 0 Å². The minimum Gasteiger partial charge on any atom is -0.367 e. The van der Waals surface area contributed by atoms with Crippen molar-refractivity contribution < 1.29 is 4.79 Å². The second-order valence-electron chi connectivity index (χ2n) is 8.24. The molecular formula is C20H32N6O. The summed E-state index contributed by atoms with van der Waals surface area (Å²) in [5.41, 5.74) is 1.07. The Bertz CT molecular complexity index is 652. The van der Waals surface area contributed by atoms with Gasteiger partial charge >= 0.3 is 0 Å². The number of nitrogens with zero attached hydrogens (tertiary/aromatic N) is 4. The maximum absolute atomic E-state index is 12.9. The summed E-state index contributed by atoms with van der Waals surface area (Å²) in [7, 11) is 1.96. The molecule has 1 saturated carbocycles. The average Bonchev–Trinajstić information content (AvgIpc) is 3.01. The molecule has 1 atom stereocenters. The highest BCUT2D eigenvalue weighted by Crippen LogP contribution is 2.31. The van der Waals surface area contributed by atoms with Gasteiger partial charge in [0.15, 0.2) is 0 Å². The third-order valence-electron chi connectivity index (χ3n) is 6.21. The highest BCUT2D eigenvalue weighted by Gasteiger charge is 2.32. The lowest BCUT2D eigenvalue weighted by Crippen LogP contribution is -2.49. The molecule has 1 aromatic rings. The van der Waals surface area contributed by atoms with E-state index in [1.165, 1.54) is 38.5 Å². The maximum Gasteiger partial charge on any atom is 0.242 e. The first-order chi connectivity index (χ1) is 13.2. The number of carbonyl (C=O) groups excluding carboxylic acids is 1. The summed E-state index contributed by atoms with van der Waals surface area (Å²) >= 11 is 0. The van der Waals surface area contributed by atoms with Crippen molar-refractivity contribution in [2.24, 2.45) is 0 Å². The number of nitrogens with one attached hydrogen (secondary N) is 2. The molecule has 4 rings (SSSR count). The average molecular weight is 373 g/mol. The smallest absolute Gasteiger partial charge is 0.242 e. The molecule has 2 aliphatic heterocycles. The lowest BCUT2D eigenvalue weighted by atomic mass is 10.0. The number of carbonyl (C=O) groups is 1. The SMILES string of the molecule is CN1CC(=O)N(C2CCCNC2)Cc2c(NC3CCCCCC3)ncnc21. The molecule has 1 aliphatic carbocycles. The van der Waals surface area contributed by atoms with Gasteiger partial charge in [-0.25, -0.2) is 9.97 Å². The molecule has 7 heteroatoms. The Labute approximate surface area is 161 Å². The van der Waals surface area contributed by atoms with Gasteiger partial charge in [0, 0.05) is 25.7 Å². The lowest BCUT2D eigenvalue weighted by Gasteiger charge is -2.34. The van der Waals surface area contributed by atoms with Crippen molar-refractivity contribution in [2.75, 3.05) is 36.9 Å². The summed E-state index contributed by atoms with van der Waals surface area (Å²) in [4.78, 5) is 26.1. The van der Waals surface area contributed by atoms with Crippen molar-refractivity contribution in [2.45, 2.75) is 70.0 Å². The number of piperidine rings is 1. The summed E-state index contributed by atoms with van der Waals surface area (Å²) in [5.74, 6) is 1.99. The summed E-state index contributed by atoms with van der Waals surface area (Å²) in [6.45, 7) is 2.90. The molecule has 2 fully saturated rings. The van der Waals surface area contributed by atoms with Crippen LogP contribution in [0.4, 0.5) is 11.6 Å². The minimum atomic E-state index is 0.185. The predicted molar refractivity (Wildman–Crippen MR) is 107 cm³/mol. The Balaban J connectivity index is 1.60. The van der Waals surface area contributed by atoms with E-state index in [-0.39, 0.29) is 11.9 Å². The van der Waals surface area contributed by atoms with E-state index in [1.54, 1.807) is 6.33 Å². The number of rotatable bonds is 3. The zero-order chi connectivity index (χ0) is 18.6. The molecule has 0 aromatic carbocycles. The van der Waals surface area contributed by atoms with E-state index in [0.717, 1.165) is 43.1 Å². The molecular weight excluding hydrogens is 340 g/mol. The summed E-state index contributed by atoms with van der Waals surface area (Å²) < 4.78 is 0. The Morgan fingerprint density at radius 1 is 1.07 bits per heavy atom. The quantitative estimate of drug-likeness (QED) is 0.792. The number of fused-ring (bicyclic) bond motifs is 1. The van der Waals surface area contributed by atoms with Crippen molar-refractivity contribution in [1.29, 1.82) is 0 Å². The van der Waals surface area contributed by atoms with Crippen molar-refractivity contribution in [3.63, 3.8) is 0 Å². The van der Waals surface area contributed by atoms with Crippen LogP contribution in [0.2, 0.25) is 0 Å². The topological polar surface area (TPSA) is 73.4 Å². The molecule has 1 saturated heterocycles. The second kappa shape index (κ2) is 8.42. The van der Waals surface area contributed by atoms with Gasteiger partial charge in [0.1, 0.15) is 18.0 Å². The Morgan fingerprint density at radius 2 is 1.89 bits per heavy atom. The molecule has 148 valence electrons. The number of hydrogen-bond acceptors (Lipinski definition) is 6. The Hall–Kier alpha value is -1.89. The van der Waals surface area contributed by atoms with Gasteiger partial charge in [-0.2, -0.15) is 0 Å². The molecule has 2 N–H and O–H groups in total. The van der Waals surface area contributed by atoms with E-state index in [2.05, 4.69) is 25.5 Å². The first-order valence-electron chi connectivity index (χ1n) is 10.5. The monoisotopic (exact) mass is 372 g/mol. The molecule has 1 unspecified atom stereocenters. The van der Waals surface area contributed by atoms with Crippen LogP contribution in [0.3, 0.4) is 0 Å². The second-order valence-corrected chi connectivity index (χ2v) is 8.24. The highest BCUT2D eigenvalue weighted by atomic mass is 16.2. The normalized spacial score (nSPS) is 24.9. The van der Waals surface area contributed by atoms with Crippen LogP contribution in [0.5, 0.6) is 0 Å². The van der Waals surface area contributed by atoms with Gasteiger partial charge in [0.05, 0.1) is 18.7 Å². The van der Waals surface area contributed by atoms with Gasteiger partial charge in [-0.15, -0.1) is 0 Å². The van der Waals surface area contributed by atoms with Crippen molar-refractivity contribution in [3.05, 3.63) is 11.9 Å². The molecule has 3 aliphatic rings. The fourth-order valence-electron chi connectivity index (χ4n) is 4.68.